The number of pyridine rings is 1. The molecule has 2 aromatic carbocycles. The summed E-state index contributed by atoms with van der Waals surface area (Å²) in [6, 6.07) is 17.9. The number of aromatic nitrogens is 9. The van der Waals surface area contributed by atoms with Gasteiger partial charge in [-0.3, -0.25) is 42.2 Å². The molecule has 0 aliphatic carbocycles. The van der Waals surface area contributed by atoms with E-state index in [4.69, 9.17) is 0 Å². The van der Waals surface area contributed by atoms with E-state index < -0.39 is 23.3 Å². The minimum atomic E-state index is -0.619. The van der Waals surface area contributed by atoms with E-state index in [-0.39, 0.29) is 33.2 Å². The number of hydrogen-bond acceptors (Lipinski definition) is 6. The predicted octanol–water partition coefficient (Wildman–Crippen LogP) is 3.91. The number of tetrazole rings is 1. The first-order valence-electron chi connectivity index (χ1n) is 11.2. The van der Waals surface area contributed by atoms with Crippen molar-refractivity contribution in [2.45, 2.75) is 13.1 Å². The zero-order chi connectivity index (χ0) is 27.5. The third kappa shape index (κ3) is 9.03. The van der Waals surface area contributed by atoms with Gasteiger partial charge in [-0.25, -0.2) is 0 Å². The van der Waals surface area contributed by atoms with Gasteiger partial charge in [0.15, 0.2) is 0 Å². The van der Waals surface area contributed by atoms with Gasteiger partial charge in [-0.2, -0.15) is 27.5 Å². The Morgan fingerprint density at radius 2 is 1.32 bits per heavy atom. The van der Waals surface area contributed by atoms with Crippen LogP contribution in [-0.2, 0) is 33.2 Å². The van der Waals surface area contributed by atoms with Crippen molar-refractivity contribution in [2.75, 3.05) is 0 Å². The molecule has 0 N–H and O–H groups in total. The van der Waals surface area contributed by atoms with Crippen molar-refractivity contribution in [3.8, 4) is 11.5 Å². The molecule has 0 aliphatic heterocycles. The third-order valence-electron chi connectivity index (χ3n) is 4.85. The summed E-state index contributed by atoms with van der Waals surface area (Å²) in [5.74, 6) is -1.97. The zero-order valence-corrected chi connectivity index (χ0v) is 22.8. The summed E-state index contributed by atoms with van der Waals surface area (Å²) < 4.78 is 54.4. The molecule has 6 aromatic rings. The summed E-state index contributed by atoms with van der Waals surface area (Å²) in [6.07, 6.45) is 8.28. The van der Waals surface area contributed by atoms with Crippen LogP contribution >= 0.6 is 0 Å². The summed E-state index contributed by atoms with van der Waals surface area (Å²) in [5.41, 5.74) is 1.29. The largest absolute Gasteiger partial charge is 3.00 e. The normalized spacial score (nSPS) is 10.0. The molecule has 204 valence electrons. The number of rotatable bonds is 5. The molecule has 6 rings (SSSR count). The Bertz CT molecular complexity index is 1460. The molecule has 14 heteroatoms. The van der Waals surface area contributed by atoms with Gasteiger partial charge < -0.3 is 5.10 Å². The molecule has 4 heterocycles. The molecule has 9 nitrogen and oxygen atoms in total. The maximum absolute atomic E-state index is 13.1. The molecule has 0 saturated heterocycles. The topological polar surface area (TPSA) is 101 Å². The summed E-state index contributed by atoms with van der Waals surface area (Å²) in [5, 5.41) is 21.8. The number of nitrogens with zero attached hydrogens (tertiary/aromatic N) is 9. The molecule has 0 amide bonds. The average Bonchev–Trinajstić information content (AvgIpc) is 3.74. The molecule has 0 aliphatic rings. The molecule has 4 aromatic heterocycles. The quantitative estimate of drug-likeness (QED) is 0.197. The van der Waals surface area contributed by atoms with Crippen molar-refractivity contribution in [2.24, 2.45) is 0 Å². The molecule has 0 bridgehead atoms. The molecule has 0 fully saturated rings. The van der Waals surface area contributed by atoms with E-state index in [2.05, 4.69) is 47.9 Å². The van der Waals surface area contributed by atoms with Crippen LogP contribution in [0.25, 0.3) is 11.5 Å². The van der Waals surface area contributed by atoms with Crippen LogP contribution in [0.2, 0.25) is 0 Å². The maximum Gasteiger partial charge on any atom is 3.00 e. The minimum absolute atomic E-state index is 0. The standard InChI is InChI=1S/2C10H7F2N2.C6H4N5.Ir/c2*11-9-3-2-8(10(12)6-9)7-14-5-1-4-13-14;1-2-4-7-5(3-1)6-8-10-11-9-6;/h2*1,3-6H,7H2;1-4H;/q3*-1;+3. The Balaban J connectivity index is 0.000000165. The van der Waals surface area contributed by atoms with Crippen molar-refractivity contribution in [1.29, 1.82) is 0 Å². The average molecular weight is 725 g/mol. The van der Waals surface area contributed by atoms with E-state index in [1.807, 2.05) is 12.1 Å². The van der Waals surface area contributed by atoms with E-state index in [9.17, 15) is 17.6 Å². The van der Waals surface area contributed by atoms with Crippen molar-refractivity contribution < 1.29 is 37.7 Å². The van der Waals surface area contributed by atoms with Crippen LogP contribution in [-0.4, -0.2) is 40.1 Å². The van der Waals surface area contributed by atoms with Gasteiger partial charge in [0.05, 0.1) is 11.5 Å². The second kappa shape index (κ2) is 15.1. The van der Waals surface area contributed by atoms with Gasteiger partial charge in [-0.15, -0.1) is 35.4 Å². The molecule has 0 unspecified atom stereocenters. The van der Waals surface area contributed by atoms with Crippen LogP contribution in [0.5, 0.6) is 0 Å². The van der Waals surface area contributed by atoms with E-state index in [1.165, 1.54) is 0 Å². The molecular weight excluding hydrogens is 707 g/mol. The van der Waals surface area contributed by atoms with Crippen LogP contribution in [0.3, 0.4) is 0 Å². The number of hydrogen-bond donors (Lipinski definition) is 0. The van der Waals surface area contributed by atoms with E-state index >= 15 is 0 Å². The Labute approximate surface area is 239 Å². The molecule has 0 atom stereocenters. The van der Waals surface area contributed by atoms with Gasteiger partial charge in [-0.1, -0.05) is 6.07 Å². The Kier molecular flexibility index (Phi) is 11.4. The Hall–Kier alpha value is -4.55. The second-order valence-electron chi connectivity index (χ2n) is 7.61. The van der Waals surface area contributed by atoms with Crippen LogP contribution < -0.4 is 5.10 Å². The summed E-state index contributed by atoms with van der Waals surface area (Å²) in [7, 11) is 0. The molecule has 0 spiro atoms. The van der Waals surface area contributed by atoms with Crippen LogP contribution in [0.4, 0.5) is 17.6 Å². The van der Waals surface area contributed by atoms with Crippen molar-refractivity contribution >= 4 is 0 Å². The molecule has 40 heavy (non-hydrogen) atoms. The third-order valence-corrected chi connectivity index (χ3v) is 4.85. The van der Waals surface area contributed by atoms with Crippen LogP contribution in [0, 0.1) is 35.4 Å². The first-order valence-corrected chi connectivity index (χ1v) is 11.2. The van der Waals surface area contributed by atoms with Gasteiger partial charge in [0.25, 0.3) is 0 Å². The molecule has 0 saturated carbocycles. The fraction of sp³-hybridized carbons (Fsp3) is 0.0769. The monoisotopic (exact) mass is 725 g/mol. The zero-order valence-electron chi connectivity index (χ0n) is 20.4. The van der Waals surface area contributed by atoms with Gasteiger partial charge in [0.2, 0.25) is 0 Å². The minimum Gasteiger partial charge on any atom is -0.329 e. The van der Waals surface area contributed by atoms with Crippen LogP contribution in [0.1, 0.15) is 11.1 Å². The number of halogens is 4. The summed E-state index contributed by atoms with van der Waals surface area (Å²) >= 11 is 0. The maximum atomic E-state index is 13.1. The van der Waals surface area contributed by atoms with E-state index in [0.29, 0.717) is 22.6 Å². The molecular formula is C26H18F4IrN9. The Morgan fingerprint density at radius 1 is 0.750 bits per heavy atom. The molecule has 0 radical (unpaired) electrons. The predicted molar refractivity (Wildman–Crippen MR) is 129 cm³/mol. The van der Waals surface area contributed by atoms with Gasteiger partial charge in [0.1, 0.15) is 0 Å². The Morgan fingerprint density at radius 3 is 1.73 bits per heavy atom. The van der Waals surface area contributed by atoms with Crippen molar-refractivity contribution in [1.82, 2.24) is 45.2 Å². The van der Waals surface area contributed by atoms with E-state index in [1.54, 1.807) is 58.5 Å². The van der Waals surface area contributed by atoms with Gasteiger partial charge in [-0.05, 0) is 24.3 Å². The summed E-state index contributed by atoms with van der Waals surface area (Å²) in [4.78, 5) is 4.02. The SMILES string of the molecule is Fc1c[c-]c(Cn2cccn2)c(F)c1.Fc1c[c-]c(Cn2cccn2)c(F)c1.[Ir+3].c1ccc(-c2nnn[n-]2)nc1. The number of benzene rings is 2. The van der Waals surface area contributed by atoms with Crippen LogP contribution in [0.15, 0.2) is 85.6 Å². The smallest absolute Gasteiger partial charge is 0.329 e. The second-order valence-corrected chi connectivity index (χ2v) is 7.61. The van der Waals surface area contributed by atoms with Crippen molar-refractivity contribution in [3.05, 3.63) is 132 Å². The van der Waals surface area contributed by atoms with Gasteiger partial charge >= 0.3 is 20.1 Å². The summed E-state index contributed by atoms with van der Waals surface area (Å²) in [6.45, 7) is 0.526. The van der Waals surface area contributed by atoms with Gasteiger partial charge in [0, 0.05) is 67.3 Å². The first-order chi connectivity index (χ1) is 19.0. The first kappa shape index (κ1) is 30.0. The van der Waals surface area contributed by atoms with E-state index in [0.717, 1.165) is 24.3 Å². The fourth-order valence-corrected chi connectivity index (χ4v) is 3.05. The fourth-order valence-electron chi connectivity index (χ4n) is 3.05. The van der Waals surface area contributed by atoms with Crippen molar-refractivity contribution in [3.63, 3.8) is 0 Å².